The number of halogens is 2. The summed E-state index contributed by atoms with van der Waals surface area (Å²) in [6, 6.07) is 8.44. The van der Waals surface area contributed by atoms with Gasteiger partial charge < -0.3 is 9.47 Å². The topological polar surface area (TPSA) is 94.6 Å². The number of nitrogens with one attached hydrogen (secondary N) is 1. The summed E-state index contributed by atoms with van der Waals surface area (Å²) in [7, 11) is -4.31. The lowest BCUT2D eigenvalue weighted by Crippen LogP contribution is -2.30. The second-order valence-corrected chi connectivity index (χ2v) is 7.92. The number of aromatic nitrogens is 1. The van der Waals surface area contributed by atoms with Crippen molar-refractivity contribution in [3.63, 3.8) is 0 Å². The molecule has 2 aromatic rings. The molecule has 1 aromatic heterocycles. The van der Waals surface area contributed by atoms with Crippen LogP contribution in [0.3, 0.4) is 0 Å². The minimum atomic E-state index is -4.31. The zero-order valence-corrected chi connectivity index (χ0v) is 15.5. The molecule has 1 amide bonds. The highest BCUT2D eigenvalue weighted by Gasteiger charge is 2.24. The van der Waals surface area contributed by atoms with Crippen LogP contribution in [0.15, 0.2) is 47.5 Å². The number of hydrogen-bond acceptors (Lipinski definition) is 6. The number of sulfonamides is 1. The van der Waals surface area contributed by atoms with Gasteiger partial charge in [-0.2, -0.15) is 0 Å². The van der Waals surface area contributed by atoms with E-state index >= 15 is 0 Å². The van der Waals surface area contributed by atoms with Gasteiger partial charge in [0.25, 0.3) is 15.9 Å². The summed E-state index contributed by atoms with van der Waals surface area (Å²) in [4.78, 5) is 15.2. The van der Waals surface area contributed by atoms with Crippen LogP contribution in [0.1, 0.15) is 23.2 Å². The number of ether oxygens (including phenoxy) is 2. The summed E-state index contributed by atoms with van der Waals surface area (Å²) in [5.74, 6) is -2.39. The molecule has 3 rings (SSSR count). The van der Waals surface area contributed by atoms with Crippen LogP contribution in [0.4, 0.5) is 8.78 Å². The first kappa shape index (κ1) is 20.2. The van der Waals surface area contributed by atoms with E-state index in [2.05, 4.69) is 4.98 Å². The Morgan fingerprint density at radius 2 is 2.07 bits per heavy atom. The molecule has 1 saturated heterocycles. The third-order valence-corrected chi connectivity index (χ3v) is 5.45. The molecule has 1 aromatic carbocycles. The van der Waals surface area contributed by atoms with E-state index in [1.165, 1.54) is 12.1 Å². The largest absolute Gasteiger partial charge is 0.475 e. The van der Waals surface area contributed by atoms with Gasteiger partial charge in [-0.15, -0.1) is 0 Å². The van der Waals surface area contributed by atoms with E-state index in [9.17, 15) is 22.0 Å². The third-order valence-electron chi connectivity index (χ3n) is 4.15. The molecule has 0 aliphatic carbocycles. The summed E-state index contributed by atoms with van der Waals surface area (Å²) in [6.45, 7) is 0.286. The molecule has 0 radical (unpaired) electrons. The molecule has 150 valence electrons. The molecule has 10 heteroatoms. The number of nitrogens with zero attached hydrogens (tertiary/aromatic N) is 1. The number of benzene rings is 1. The minimum Gasteiger partial charge on any atom is -0.475 e. The number of hydrogen-bond donors (Lipinski definition) is 1. The molecule has 0 spiro atoms. The smallest absolute Gasteiger partial charge is 0.265 e. The second kappa shape index (κ2) is 8.61. The predicted molar refractivity (Wildman–Crippen MR) is 94.4 cm³/mol. The van der Waals surface area contributed by atoms with Crippen LogP contribution in [-0.4, -0.2) is 38.9 Å². The molecule has 2 atom stereocenters. The number of pyridine rings is 1. The standard InChI is InChI=1S/C18H18F2N2O5S/c19-15-9-14(28(24,25)22-17(23)13-4-2-1-3-5-13)10-21-18(15)27-11-12-6-7-26-16(20)8-12/h1-5,9-10,12,16H,6-8,11H2,(H,22,23). The summed E-state index contributed by atoms with van der Waals surface area (Å²) in [6.07, 6.45) is 0.224. The van der Waals surface area contributed by atoms with E-state index in [1.807, 2.05) is 4.72 Å². The molecule has 1 aliphatic heterocycles. The maximum atomic E-state index is 14.2. The molecule has 0 saturated carbocycles. The van der Waals surface area contributed by atoms with Gasteiger partial charge in [0.05, 0.1) is 19.4 Å². The quantitative estimate of drug-likeness (QED) is 0.783. The molecule has 1 fully saturated rings. The molecule has 0 bridgehead atoms. The van der Waals surface area contributed by atoms with Crippen LogP contribution in [0.5, 0.6) is 5.88 Å². The highest BCUT2D eigenvalue weighted by atomic mass is 32.2. The monoisotopic (exact) mass is 412 g/mol. The van der Waals surface area contributed by atoms with Gasteiger partial charge in [0, 0.05) is 24.0 Å². The van der Waals surface area contributed by atoms with Crippen molar-refractivity contribution < 1.29 is 31.5 Å². The zero-order valence-electron chi connectivity index (χ0n) is 14.7. The molecular formula is C18H18F2N2O5S. The maximum Gasteiger partial charge on any atom is 0.265 e. The Hall–Kier alpha value is -2.59. The van der Waals surface area contributed by atoms with Crippen LogP contribution in [0.2, 0.25) is 0 Å². The SMILES string of the molecule is O=C(NS(=O)(=O)c1cnc(OCC2CCOC(F)C2)c(F)c1)c1ccccc1. The average Bonchev–Trinajstić information content (AvgIpc) is 2.67. The van der Waals surface area contributed by atoms with Crippen LogP contribution in [-0.2, 0) is 14.8 Å². The second-order valence-electron chi connectivity index (χ2n) is 6.24. The Labute approximate surface area is 160 Å². The fourth-order valence-corrected chi connectivity index (χ4v) is 3.58. The van der Waals surface area contributed by atoms with Crippen molar-refractivity contribution in [2.75, 3.05) is 13.2 Å². The Bertz CT molecular complexity index is 940. The molecule has 7 nitrogen and oxygen atoms in total. The molecule has 1 aliphatic rings. The number of carbonyl (C=O) groups is 1. The number of carbonyl (C=O) groups excluding carboxylic acids is 1. The highest BCUT2D eigenvalue weighted by Crippen LogP contribution is 2.23. The van der Waals surface area contributed by atoms with Gasteiger partial charge in [0.1, 0.15) is 4.90 Å². The van der Waals surface area contributed by atoms with Crippen LogP contribution < -0.4 is 9.46 Å². The van der Waals surface area contributed by atoms with Crippen molar-refractivity contribution in [2.24, 2.45) is 5.92 Å². The first-order valence-corrected chi connectivity index (χ1v) is 9.99. The first-order chi connectivity index (χ1) is 13.3. The summed E-state index contributed by atoms with van der Waals surface area (Å²) >= 11 is 0. The van der Waals surface area contributed by atoms with Gasteiger partial charge in [-0.3, -0.25) is 4.79 Å². The van der Waals surface area contributed by atoms with Crippen LogP contribution in [0, 0.1) is 11.7 Å². The van der Waals surface area contributed by atoms with Gasteiger partial charge in [0.2, 0.25) is 5.88 Å². The number of alkyl halides is 1. The fraction of sp³-hybridized carbons (Fsp3) is 0.333. The number of rotatable bonds is 6. The fourth-order valence-electron chi connectivity index (χ4n) is 2.65. The Kier molecular flexibility index (Phi) is 6.20. The van der Waals surface area contributed by atoms with Crippen LogP contribution in [0.25, 0.3) is 0 Å². The predicted octanol–water partition coefficient (Wildman–Crippen LogP) is 2.44. The molecule has 1 N–H and O–H groups in total. The highest BCUT2D eigenvalue weighted by molar-refractivity contribution is 7.90. The van der Waals surface area contributed by atoms with E-state index in [4.69, 9.17) is 9.47 Å². The zero-order chi connectivity index (χ0) is 20.1. The van der Waals surface area contributed by atoms with Crippen molar-refractivity contribution in [2.45, 2.75) is 24.1 Å². The Balaban J connectivity index is 1.66. The van der Waals surface area contributed by atoms with E-state index in [0.717, 1.165) is 6.20 Å². The van der Waals surface area contributed by atoms with Crippen molar-refractivity contribution >= 4 is 15.9 Å². The van der Waals surface area contributed by atoms with E-state index in [1.54, 1.807) is 18.2 Å². The molecule has 28 heavy (non-hydrogen) atoms. The normalized spacial score (nSPS) is 19.8. The lowest BCUT2D eigenvalue weighted by Gasteiger charge is -2.24. The van der Waals surface area contributed by atoms with Crippen molar-refractivity contribution in [3.8, 4) is 5.88 Å². The van der Waals surface area contributed by atoms with Gasteiger partial charge >= 0.3 is 0 Å². The third kappa shape index (κ3) is 5.02. The minimum absolute atomic E-state index is 0.0323. The summed E-state index contributed by atoms with van der Waals surface area (Å²) < 4.78 is 63.9. The Morgan fingerprint density at radius 1 is 1.32 bits per heavy atom. The molecular weight excluding hydrogens is 394 g/mol. The van der Waals surface area contributed by atoms with Gasteiger partial charge in [-0.25, -0.2) is 26.9 Å². The van der Waals surface area contributed by atoms with Gasteiger partial charge in [-0.05, 0) is 18.6 Å². The van der Waals surface area contributed by atoms with Crippen LogP contribution >= 0.6 is 0 Å². The van der Waals surface area contributed by atoms with Crippen molar-refractivity contribution in [3.05, 3.63) is 54.0 Å². The van der Waals surface area contributed by atoms with Gasteiger partial charge in [0.15, 0.2) is 12.2 Å². The van der Waals surface area contributed by atoms with E-state index < -0.39 is 38.9 Å². The first-order valence-electron chi connectivity index (χ1n) is 8.51. The lowest BCUT2D eigenvalue weighted by atomic mass is 10.0. The maximum absolute atomic E-state index is 14.2. The van der Waals surface area contributed by atoms with Crippen molar-refractivity contribution in [1.29, 1.82) is 0 Å². The lowest BCUT2D eigenvalue weighted by molar-refractivity contribution is -0.0919. The van der Waals surface area contributed by atoms with E-state index in [0.29, 0.717) is 12.5 Å². The summed E-state index contributed by atoms with van der Waals surface area (Å²) in [5.41, 5.74) is 0.141. The van der Waals surface area contributed by atoms with E-state index in [-0.39, 0.29) is 31.1 Å². The number of amides is 1. The summed E-state index contributed by atoms with van der Waals surface area (Å²) in [5, 5.41) is 0. The molecule has 2 heterocycles. The average molecular weight is 412 g/mol. The van der Waals surface area contributed by atoms with Gasteiger partial charge in [-0.1, -0.05) is 18.2 Å². The molecule has 2 unspecified atom stereocenters. The van der Waals surface area contributed by atoms with Crippen molar-refractivity contribution in [1.82, 2.24) is 9.71 Å². The Morgan fingerprint density at radius 3 is 2.75 bits per heavy atom.